The van der Waals surface area contributed by atoms with Crippen LogP contribution in [0, 0.1) is 20.8 Å². The first-order valence-electron chi connectivity index (χ1n) is 10.8. The predicted octanol–water partition coefficient (Wildman–Crippen LogP) is 5.21. The standard InChI is InChI=1S/C26H29ClN2O3S/c1-19-9-13-24(14-10-19)33(31,32)29(23-12-11-21(3)25(27)17-23)18-26(30)28-15-5-8-22-7-4-6-20(2)16-22/h4,6-7,9-14,16-17H,5,8,15,18H2,1-3H3,(H,28,30). The van der Waals surface area contributed by atoms with Crippen LogP contribution in [0.4, 0.5) is 5.69 Å². The molecule has 3 rings (SSSR count). The van der Waals surface area contributed by atoms with Gasteiger partial charge in [-0.2, -0.15) is 0 Å². The second-order valence-corrected chi connectivity index (χ2v) is 10.5. The second-order valence-electron chi connectivity index (χ2n) is 8.20. The molecule has 0 aliphatic carbocycles. The highest BCUT2D eigenvalue weighted by Crippen LogP contribution is 2.28. The summed E-state index contributed by atoms with van der Waals surface area (Å²) >= 11 is 6.26. The Hall–Kier alpha value is -2.83. The van der Waals surface area contributed by atoms with Gasteiger partial charge in [0.25, 0.3) is 10.0 Å². The minimum Gasteiger partial charge on any atom is -0.355 e. The molecule has 7 heteroatoms. The fourth-order valence-electron chi connectivity index (χ4n) is 3.46. The fraction of sp³-hybridized carbons (Fsp3) is 0.269. The highest BCUT2D eigenvalue weighted by Gasteiger charge is 2.27. The van der Waals surface area contributed by atoms with Crippen LogP contribution in [-0.2, 0) is 21.2 Å². The van der Waals surface area contributed by atoms with Crippen molar-refractivity contribution >= 4 is 33.2 Å². The third kappa shape index (κ3) is 6.59. The van der Waals surface area contributed by atoms with E-state index in [1.807, 2.05) is 32.9 Å². The molecule has 0 aliphatic heterocycles. The molecular formula is C26H29ClN2O3S. The summed E-state index contributed by atoms with van der Waals surface area (Å²) in [5.74, 6) is -0.369. The van der Waals surface area contributed by atoms with Gasteiger partial charge in [-0.15, -0.1) is 0 Å². The van der Waals surface area contributed by atoms with E-state index in [0.29, 0.717) is 17.3 Å². The van der Waals surface area contributed by atoms with Crippen molar-refractivity contribution in [2.75, 3.05) is 17.4 Å². The summed E-state index contributed by atoms with van der Waals surface area (Å²) in [5, 5.41) is 3.29. The topological polar surface area (TPSA) is 66.5 Å². The number of sulfonamides is 1. The van der Waals surface area contributed by atoms with Crippen molar-refractivity contribution < 1.29 is 13.2 Å². The molecular weight excluding hydrogens is 456 g/mol. The molecule has 0 aliphatic rings. The zero-order valence-corrected chi connectivity index (χ0v) is 20.7. The Morgan fingerprint density at radius 2 is 1.67 bits per heavy atom. The Labute approximate surface area is 201 Å². The minimum atomic E-state index is -3.96. The number of benzene rings is 3. The van der Waals surface area contributed by atoms with E-state index in [0.717, 1.165) is 28.3 Å². The third-order valence-electron chi connectivity index (χ3n) is 5.39. The van der Waals surface area contributed by atoms with Crippen LogP contribution in [0.1, 0.15) is 28.7 Å². The first-order valence-corrected chi connectivity index (χ1v) is 12.7. The van der Waals surface area contributed by atoms with Crippen LogP contribution in [0.2, 0.25) is 5.02 Å². The summed E-state index contributed by atoms with van der Waals surface area (Å²) < 4.78 is 28.0. The predicted molar refractivity (Wildman–Crippen MR) is 134 cm³/mol. The van der Waals surface area contributed by atoms with Crippen molar-refractivity contribution in [2.24, 2.45) is 0 Å². The molecule has 0 saturated carbocycles. The van der Waals surface area contributed by atoms with Crippen LogP contribution in [0.3, 0.4) is 0 Å². The van der Waals surface area contributed by atoms with Crippen molar-refractivity contribution in [3.8, 4) is 0 Å². The molecule has 0 aromatic heterocycles. The lowest BCUT2D eigenvalue weighted by atomic mass is 10.1. The van der Waals surface area contributed by atoms with E-state index in [1.54, 1.807) is 42.5 Å². The molecule has 0 radical (unpaired) electrons. The summed E-state index contributed by atoms with van der Waals surface area (Å²) in [7, 11) is -3.96. The Morgan fingerprint density at radius 3 is 2.33 bits per heavy atom. The van der Waals surface area contributed by atoms with Crippen LogP contribution in [0.15, 0.2) is 71.6 Å². The fourth-order valence-corrected chi connectivity index (χ4v) is 5.05. The van der Waals surface area contributed by atoms with Crippen LogP contribution < -0.4 is 9.62 Å². The van der Waals surface area contributed by atoms with Gasteiger partial charge in [0.1, 0.15) is 6.54 Å². The van der Waals surface area contributed by atoms with E-state index in [1.165, 1.54) is 11.1 Å². The molecule has 1 amide bonds. The van der Waals surface area contributed by atoms with E-state index in [2.05, 4.69) is 17.4 Å². The molecule has 0 unspecified atom stereocenters. The van der Waals surface area contributed by atoms with Gasteiger partial charge in [-0.1, -0.05) is 65.2 Å². The monoisotopic (exact) mass is 484 g/mol. The van der Waals surface area contributed by atoms with Gasteiger partial charge in [0.15, 0.2) is 0 Å². The van der Waals surface area contributed by atoms with Gasteiger partial charge in [-0.05, 0) is 69.0 Å². The molecule has 3 aromatic rings. The number of amides is 1. The van der Waals surface area contributed by atoms with E-state index in [9.17, 15) is 13.2 Å². The molecule has 1 N–H and O–H groups in total. The molecule has 0 spiro atoms. The van der Waals surface area contributed by atoms with Crippen LogP contribution in [0.5, 0.6) is 0 Å². The molecule has 0 fully saturated rings. The summed E-state index contributed by atoms with van der Waals surface area (Å²) in [6.07, 6.45) is 1.59. The number of halogens is 1. The van der Waals surface area contributed by atoms with Crippen molar-refractivity contribution in [1.82, 2.24) is 5.32 Å². The highest BCUT2D eigenvalue weighted by atomic mass is 35.5. The number of nitrogens with zero attached hydrogens (tertiary/aromatic N) is 1. The highest BCUT2D eigenvalue weighted by molar-refractivity contribution is 7.92. The van der Waals surface area contributed by atoms with Gasteiger partial charge < -0.3 is 5.32 Å². The maximum Gasteiger partial charge on any atom is 0.264 e. The number of rotatable bonds is 9. The van der Waals surface area contributed by atoms with Crippen molar-refractivity contribution in [2.45, 2.75) is 38.5 Å². The number of anilines is 1. The summed E-state index contributed by atoms with van der Waals surface area (Å²) in [4.78, 5) is 12.8. The van der Waals surface area contributed by atoms with Crippen molar-refractivity contribution in [3.05, 3.63) is 94.0 Å². The van der Waals surface area contributed by atoms with Crippen molar-refractivity contribution in [3.63, 3.8) is 0 Å². The van der Waals surface area contributed by atoms with Crippen LogP contribution >= 0.6 is 11.6 Å². The lowest BCUT2D eigenvalue weighted by Gasteiger charge is -2.24. The quantitative estimate of drug-likeness (QED) is 0.424. The molecule has 0 heterocycles. The largest absolute Gasteiger partial charge is 0.355 e. The Balaban J connectivity index is 1.74. The lowest BCUT2D eigenvalue weighted by molar-refractivity contribution is -0.119. The van der Waals surface area contributed by atoms with E-state index >= 15 is 0 Å². The van der Waals surface area contributed by atoms with Crippen LogP contribution in [-0.4, -0.2) is 27.4 Å². The third-order valence-corrected chi connectivity index (χ3v) is 7.58. The number of nitrogens with one attached hydrogen (secondary N) is 1. The number of hydrogen-bond donors (Lipinski definition) is 1. The molecule has 174 valence electrons. The SMILES string of the molecule is Cc1ccc(S(=O)(=O)N(CC(=O)NCCCc2cccc(C)c2)c2ccc(C)c(Cl)c2)cc1. The Bertz CT molecular complexity index is 1220. The van der Waals surface area contributed by atoms with Gasteiger partial charge in [-0.3, -0.25) is 9.10 Å². The van der Waals surface area contributed by atoms with Gasteiger partial charge in [0, 0.05) is 11.6 Å². The average molecular weight is 485 g/mol. The number of hydrogen-bond acceptors (Lipinski definition) is 3. The van der Waals surface area contributed by atoms with Crippen LogP contribution in [0.25, 0.3) is 0 Å². The van der Waals surface area contributed by atoms with E-state index in [-0.39, 0.29) is 17.3 Å². The Morgan fingerprint density at radius 1 is 0.939 bits per heavy atom. The summed E-state index contributed by atoms with van der Waals surface area (Å²) in [6, 6.07) is 19.8. The molecule has 5 nitrogen and oxygen atoms in total. The smallest absolute Gasteiger partial charge is 0.264 e. The molecule has 33 heavy (non-hydrogen) atoms. The maximum atomic E-state index is 13.4. The zero-order valence-electron chi connectivity index (χ0n) is 19.1. The number of aryl methyl sites for hydroxylation is 4. The molecule has 0 bridgehead atoms. The zero-order chi connectivity index (χ0) is 24.0. The molecule has 0 atom stereocenters. The number of carbonyl (C=O) groups excluding carboxylic acids is 1. The van der Waals surface area contributed by atoms with E-state index in [4.69, 9.17) is 11.6 Å². The van der Waals surface area contributed by atoms with Gasteiger partial charge in [-0.25, -0.2) is 8.42 Å². The van der Waals surface area contributed by atoms with Crippen molar-refractivity contribution in [1.29, 1.82) is 0 Å². The molecule has 3 aromatic carbocycles. The minimum absolute atomic E-state index is 0.122. The van der Waals surface area contributed by atoms with Gasteiger partial charge >= 0.3 is 0 Å². The second kappa shape index (κ2) is 10.9. The normalized spacial score (nSPS) is 11.3. The summed E-state index contributed by atoms with van der Waals surface area (Å²) in [5.41, 5.74) is 4.53. The van der Waals surface area contributed by atoms with Gasteiger partial charge in [0.05, 0.1) is 10.6 Å². The maximum absolute atomic E-state index is 13.4. The first-order chi connectivity index (χ1) is 15.7. The molecule has 0 saturated heterocycles. The number of carbonyl (C=O) groups is 1. The summed E-state index contributed by atoms with van der Waals surface area (Å²) in [6.45, 7) is 5.90. The first kappa shape index (κ1) is 24.8. The average Bonchev–Trinajstić information content (AvgIpc) is 2.77. The lowest BCUT2D eigenvalue weighted by Crippen LogP contribution is -2.41. The van der Waals surface area contributed by atoms with E-state index < -0.39 is 10.0 Å². The Kier molecular flexibility index (Phi) is 8.16. The van der Waals surface area contributed by atoms with Gasteiger partial charge in [0.2, 0.25) is 5.91 Å².